The third-order valence-electron chi connectivity index (χ3n) is 3.64. The number of amides is 1. The summed E-state index contributed by atoms with van der Waals surface area (Å²) in [5.41, 5.74) is 1.04. The quantitative estimate of drug-likeness (QED) is 0.779. The number of anilines is 1. The summed E-state index contributed by atoms with van der Waals surface area (Å²) < 4.78 is 31.3. The van der Waals surface area contributed by atoms with Crippen molar-refractivity contribution in [2.75, 3.05) is 26.0 Å². The third kappa shape index (κ3) is 5.20. The van der Waals surface area contributed by atoms with Gasteiger partial charge in [-0.15, -0.1) is 0 Å². The highest BCUT2D eigenvalue weighted by Gasteiger charge is 2.20. The van der Waals surface area contributed by atoms with Crippen LogP contribution in [0.2, 0.25) is 5.02 Å². The molecule has 0 saturated heterocycles. The van der Waals surface area contributed by atoms with E-state index in [1.54, 1.807) is 43.3 Å². The van der Waals surface area contributed by atoms with Crippen LogP contribution in [-0.4, -0.2) is 39.3 Å². The van der Waals surface area contributed by atoms with Gasteiger partial charge in [0.25, 0.3) is 0 Å². The second kappa shape index (κ2) is 8.53. The van der Waals surface area contributed by atoms with Gasteiger partial charge in [-0.05, 0) is 48.9 Å². The molecule has 0 radical (unpaired) electrons. The van der Waals surface area contributed by atoms with Gasteiger partial charge in [0.05, 0.1) is 17.9 Å². The maximum absolute atomic E-state index is 12.3. The number of hydrogen-bond donors (Lipinski definition) is 1. The van der Waals surface area contributed by atoms with E-state index in [1.165, 1.54) is 20.2 Å². The average Bonchev–Trinajstić information content (AvgIpc) is 2.58. The summed E-state index contributed by atoms with van der Waals surface area (Å²) >= 11 is 5.80. The fraction of sp³-hybridized carbons (Fsp3) is 0.278. The number of carbonyl (C=O) groups is 1. The molecular formula is C18H21ClN2O4S. The van der Waals surface area contributed by atoms with Crippen LogP contribution in [0.1, 0.15) is 12.0 Å². The summed E-state index contributed by atoms with van der Waals surface area (Å²) in [5.74, 6) is 0.355. The Morgan fingerprint density at radius 2 is 1.81 bits per heavy atom. The van der Waals surface area contributed by atoms with E-state index in [1.807, 2.05) is 0 Å². The molecule has 6 nitrogen and oxygen atoms in total. The van der Waals surface area contributed by atoms with Gasteiger partial charge in [0.15, 0.2) is 0 Å². The predicted octanol–water partition coefficient (Wildman–Crippen LogP) is 3.31. The van der Waals surface area contributed by atoms with Crippen molar-refractivity contribution in [1.29, 1.82) is 0 Å². The van der Waals surface area contributed by atoms with Gasteiger partial charge >= 0.3 is 0 Å². The minimum absolute atomic E-state index is 0.131. The van der Waals surface area contributed by atoms with Gasteiger partial charge in [0.1, 0.15) is 5.75 Å². The molecule has 26 heavy (non-hydrogen) atoms. The van der Waals surface area contributed by atoms with Gasteiger partial charge < -0.3 is 10.1 Å². The van der Waals surface area contributed by atoms with E-state index in [0.717, 1.165) is 4.31 Å². The number of aryl methyl sites for hydroxylation is 1. The highest BCUT2D eigenvalue weighted by Crippen LogP contribution is 2.22. The van der Waals surface area contributed by atoms with Crippen LogP contribution in [0.4, 0.5) is 5.69 Å². The van der Waals surface area contributed by atoms with Crippen LogP contribution < -0.4 is 10.1 Å². The van der Waals surface area contributed by atoms with Crippen LogP contribution >= 0.6 is 11.6 Å². The van der Waals surface area contributed by atoms with E-state index in [2.05, 4.69) is 5.32 Å². The zero-order valence-electron chi connectivity index (χ0n) is 14.8. The molecule has 0 aromatic heterocycles. The highest BCUT2D eigenvalue weighted by atomic mass is 35.5. The Bertz CT molecular complexity index is 881. The van der Waals surface area contributed by atoms with Gasteiger partial charge in [-0.2, -0.15) is 0 Å². The first kappa shape index (κ1) is 20.2. The molecule has 0 aliphatic carbocycles. The summed E-state index contributed by atoms with van der Waals surface area (Å²) in [6.45, 7) is 1.91. The lowest BCUT2D eigenvalue weighted by Crippen LogP contribution is -2.23. The smallest absolute Gasteiger partial charge is 0.242 e. The highest BCUT2D eigenvalue weighted by molar-refractivity contribution is 7.89. The molecule has 0 fully saturated rings. The fourth-order valence-corrected chi connectivity index (χ4v) is 3.44. The van der Waals surface area contributed by atoms with E-state index in [0.29, 0.717) is 22.0 Å². The molecular weight excluding hydrogens is 376 g/mol. The molecule has 0 bridgehead atoms. The largest absolute Gasteiger partial charge is 0.493 e. The monoisotopic (exact) mass is 396 g/mol. The SMILES string of the molecule is Cc1ccc(NC(=O)CCOc2ccc(Cl)cc2)cc1S(=O)(=O)N(C)C. The molecule has 0 heterocycles. The first-order valence-electron chi connectivity index (χ1n) is 7.91. The van der Waals surface area contributed by atoms with Gasteiger partial charge in [0.2, 0.25) is 15.9 Å². The summed E-state index contributed by atoms with van der Waals surface area (Å²) in [4.78, 5) is 12.2. The molecule has 0 unspecified atom stereocenters. The minimum atomic E-state index is -3.58. The van der Waals surface area contributed by atoms with Crippen LogP contribution in [0.5, 0.6) is 5.75 Å². The number of nitrogens with one attached hydrogen (secondary N) is 1. The van der Waals surface area contributed by atoms with Crippen LogP contribution in [0.25, 0.3) is 0 Å². The van der Waals surface area contributed by atoms with E-state index in [4.69, 9.17) is 16.3 Å². The molecule has 0 atom stereocenters. The zero-order chi connectivity index (χ0) is 19.3. The molecule has 1 amide bonds. The van der Waals surface area contributed by atoms with E-state index < -0.39 is 10.0 Å². The average molecular weight is 397 g/mol. The van der Waals surface area contributed by atoms with Crippen LogP contribution in [0.3, 0.4) is 0 Å². The summed E-state index contributed by atoms with van der Waals surface area (Å²) in [7, 11) is -0.643. The lowest BCUT2D eigenvalue weighted by molar-refractivity contribution is -0.116. The van der Waals surface area contributed by atoms with Crippen molar-refractivity contribution in [2.45, 2.75) is 18.2 Å². The maximum atomic E-state index is 12.3. The van der Waals surface area contributed by atoms with E-state index in [9.17, 15) is 13.2 Å². The standard InChI is InChI=1S/C18H21ClN2O4S/c1-13-4-7-15(12-17(13)26(23,24)21(2)3)20-18(22)10-11-25-16-8-5-14(19)6-9-16/h4-9,12H,10-11H2,1-3H3,(H,20,22). The predicted molar refractivity (Wildman–Crippen MR) is 102 cm³/mol. The number of nitrogens with zero attached hydrogens (tertiary/aromatic N) is 1. The number of halogens is 1. The van der Waals surface area contributed by atoms with E-state index >= 15 is 0 Å². The lowest BCUT2D eigenvalue weighted by atomic mass is 10.2. The van der Waals surface area contributed by atoms with Crippen LogP contribution in [0, 0.1) is 6.92 Å². The topological polar surface area (TPSA) is 75.7 Å². The Morgan fingerprint density at radius 3 is 2.42 bits per heavy atom. The Labute approximate surface area is 158 Å². The lowest BCUT2D eigenvalue weighted by Gasteiger charge is -2.15. The number of hydrogen-bond acceptors (Lipinski definition) is 4. The Balaban J connectivity index is 1.97. The number of benzene rings is 2. The van der Waals surface area contributed by atoms with Crippen molar-refractivity contribution in [1.82, 2.24) is 4.31 Å². The second-order valence-corrected chi connectivity index (χ2v) is 8.42. The second-order valence-electron chi connectivity index (χ2n) is 5.87. The van der Waals surface area contributed by atoms with Crippen LogP contribution in [-0.2, 0) is 14.8 Å². The molecule has 0 spiro atoms. The Hall–Kier alpha value is -2.09. The zero-order valence-corrected chi connectivity index (χ0v) is 16.4. The van der Waals surface area contributed by atoms with Gasteiger partial charge in [-0.25, -0.2) is 12.7 Å². The van der Waals surface area contributed by atoms with Crippen molar-refractivity contribution >= 4 is 33.2 Å². The normalized spacial score (nSPS) is 11.4. The summed E-state index contributed by atoms with van der Waals surface area (Å²) in [5, 5.41) is 3.30. The van der Waals surface area contributed by atoms with Crippen molar-refractivity contribution in [3.8, 4) is 5.75 Å². The summed E-state index contributed by atoms with van der Waals surface area (Å²) in [6.07, 6.45) is 0.131. The molecule has 1 N–H and O–H groups in total. The molecule has 0 saturated carbocycles. The molecule has 2 aromatic rings. The number of carbonyl (C=O) groups excluding carboxylic acids is 1. The third-order valence-corrected chi connectivity index (χ3v) is 5.85. The van der Waals surface area contributed by atoms with Crippen LogP contribution in [0.15, 0.2) is 47.4 Å². The number of ether oxygens (including phenoxy) is 1. The van der Waals surface area contributed by atoms with Gasteiger partial charge in [0, 0.05) is 24.8 Å². The molecule has 0 aliphatic heterocycles. The first-order valence-corrected chi connectivity index (χ1v) is 9.73. The minimum Gasteiger partial charge on any atom is -0.493 e. The van der Waals surface area contributed by atoms with Gasteiger partial charge in [-0.3, -0.25) is 4.79 Å². The molecule has 0 aliphatic rings. The first-order chi connectivity index (χ1) is 12.2. The van der Waals surface area contributed by atoms with Crippen molar-refractivity contribution < 1.29 is 17.9 Å². The Morgan fingerprint density at radius 1 is 1.15 bits per heavy atom. The summed E-state index contributed by atoms with van der Waals surface area (Å²) in [6, 6.07) is 11.6. The van der Waals surface area contributed by atoms with Crippen molar-refractivity contribution in [3.05, 3.63) is 53.1 Å². The Kier molecular flexibility index (Phi) is 6.63. The number of rotatable bonds is 7. The molecule has 2 aromatic carbocycles. The molecule has 8 heteroatoms. The van der Waals surface area contributed by atoms with Crippen molar-refractivity contribution in [3.63, 3.8) is 0 Å². The van der Waals surface area contributed by atoms with E-state index in [-0.39, 0.29) is 23.8 Å². The van der Waals surface area contributed by atoms with Crippen molar-refractivity contribution in [2.24, 2.45) is 0 Å². The number of sulfonamides is 1. The molecule has 2 rings (SSSR count). The fourth-order valence-electron chi connectivity index (χ4n) is 2.17. The molecule has 140 valence electrons. The maximum Gasteiger partial charge on any atom is 0.242 e. The van der Waals surface area contributed by atoms with Gasteiger partial charge in [-0.1, -0.05) is 17.7 Å².